The summed E-state index contributed by atoms with van der Waals surface area (Å²) in [7, 11) is 0. The number of hydrogen-bond donors (Lipinski definition) is 1. The van der Waals surface area contributed by atoms with E-state index in [1.807, 2.05) is 0 Å². The molecule has 0 aliphatic carbocycles. The summed E-state index contributed by atoms with van der Waals surface area (Å²) in [5.74, 6) is 0.0231. The fourth-order valence-corrected chi connectivity index (χ4v) is 1.14. The smallest absolute Gasteiger partial charge is 0.278 e. The second kappa shape index (κ2) is 3.87. The minimum atomic E-state index is -2.67. The number of rotatable bonds is 2. The van der Waals surface area contributed by atoms with Crippen molar-refractivity contribution in [2.45, 2.75) is 19.2 Å². The molecule has 0 spiro atoms. The standard InChI is InChI=1S/C8H8ClF2NO/c1-4-6(13)2-5(3-9)12-7(4)8(10)11/h2,8H,3H2,1H3,(H,12,13). The van der Waals surface area contributed by atoms with Crippen LogP contribution in [0.1, 0.15) is 23.4 Å². The van der Waals surface area contributed by atoms with Gasteiger partial charge >= 0.3 is 0 Å². The minimum absolute atomic E-state index is 0.0231. The Morgan fingerprint density at radius 3 is 2.69 bits per heavy atom. The van der Waals surface area contributed by atoms with E-state index in [9.17, 15) is 13.6 Å². The fraction of sp³-hybridized carbons (Fsp3) is 0.375. The number of hydrogen-bond acceptors (Lipinski definition) is 1. The zero-order valence-corrected chi connectivity index (χ0v) is 7.66. The molecule has 1 heterocycles. The van der Waals surface area contributed by atoms with Crippen LogP contribution in [0.5, 0.6) is 0 Å². The van der Waals surface area contributed by atoms with Gasteiger partial charge in [-0.1, -0.05) is 0 Å². The average Bonchev–Trinajstić information content (AvgIpc) is 2.09. The van der Waals surface area contributed by atoms with Crippen molar-refractivity contribution in [3.63, 3.8) is 0 Å². The van der Waals surface area contributed by atoms with E-state index in [0.29, 0.717) is 5.69 Å². The molecule has 0 unspecified atom stereocenters. The summed E-state index contributed by atoms with van der Waals surface area (Å²) >= 11 is 5.41. The molecular formula is C8H8ClF2NO. The molecule has 0 aliphatic rings. The highest BCUT2D eigenvalue weighted by Gasteiger charge is 2.13. The Balaban J connectivity index is 3.33. The van der Waals surface area contributed by atoms with E-state index in [1.54, 1.807) is 0 Å². The second-order valence-corrected chi connectivity index (χ2v) is 2.90. The highest BCUT2D eigenvalue weighted by atomic mass is 35.5. The van der Waals surface area contributed by atoms with E-state index in [4.69, 9.17) is 11.6 Å². The summed E-state index contributed by atoms with van der Waals surface area (Å²) in [6, 6.07) is 1.23. The topological polar surface area (TPSA) is 32.9 Å². The van der Waals surface area contributed by atoms with Crippen LogP contribution in [0.2, 0.25) is 0 Å². The van der Waals surface area contributed by atoms with Crippen LogP contribution in [0.25, 0.3) is 0 Å². The molecule has 13 heavy (non-hydrogen) atoms. The zero-order chi connectivity index (χ0) is 10.0. The van der Waals surface area contributed by atoms with E-state index >= 15 is 0 Å². The van der Waals surface area contributed by atoms with Crippen molar-refractivity contribution in [2.24, 2.45) is 0 Å². The molecule has 0 amide bonds. The van der Waals surface area contributed by atoms with Crippen LogP contribution in [-0.4, -0.2) is 4.98 Å². The van der Waals surface area contributed by atoms with Crippen molar-refractivity contribution in [1.29, 1.82) is 0 Å². The maximum absolute atomic E-state index is 12.3. The van der Waals surface area contributed by atoms with E-state index < -0.39 is 11.9 Å². The number of nitrogens with one attached hydrogen (secondary N) is 1. The van der Waals surface area contributed by atoms with Crippen molar-refractivity contribution in [3.8, 4) is 0 Å². The maximum atomic E-state index is 12.3. The van der Waals surface area contributed by atoms with Gasteiger partial charge in [0.1, 0.15) is 0 Å². The lowest BCUT2D eigenvalue weighted by Crippen LogP contribution is -2.12. The van der Waals surface area contributed by atoms with Crippen molar-refractivity contribution in [2.75, 3.05) is 0 Å². The number of aromatic amines is 1. The number of H-pyrrole nitrogens is 1. The Morgan fingerprint density at radius 1 is 1.62 bits per heavy atom. The first-order chi connectivity index (χ1) is 6.06. The molecule has 0 fully saturated rings. The maximum Gasteiger partial charge on any atom is 0.278 e. The lowest BCUT2D eigenvalue weighted by Gasteiger charge is -2.05. The SMILES string of the molecule is Cc1c(C(F)F)[nH]c(CCl)cc1=O. The highest BCUT2D eigenvalue weighted by Crippen LogP contribution is 2.18. The molecule has 0 aromatic carbocycles. The predicted molar refractivity (Wildman–Crippen MR) is 46.3 cm³/mol. The summed E-state index contributed by atoms with van der Waals surface area (Å²) in [5.41, 5.74) is -0.399. The lowest BCUT2D eigenvalue weighted by molar-refractivity contribution is 0.145. The van der Waals surface area contributed by atoms with Crippen LogP contribution < -0.4 is 5.43 Å². The molecule has 72 valence electrons. The number of aromatic nitrogens is 1. The molecule has 2 nitrogen and oxygen atoms in total. The summed E-state index contributed by atoms with van der Waals surface area (Å²) in [6.45, 7) is 1.36. The zero-order valence-electron chi connectivity index (χ0n) is 6.90. The number of alkyl halides is 3. The first-order valence-corrected chi connectivity index (χ1v) is 4.16. The minimum Gasteiger partial charge on any atom is -0.356 e. The van der Waals surface area contributed by atoms with Gasteiger partial charge in [0.2, 0.25) is 0 Å². The molecule has 1 aromatic heterocycles. The third-order valence-corrected chi connectivity index (χ3v) is 2.02. The highest BCUT2D eigenvalue weighted by molar-refractivity contribution is 6.16. The third-order valence-electron chi connectivity index (χ3n) is 1.74. The first-order valence-electron chi connectivity index (χ1n) is 3.63. The second-order valence-electron chi connectivity index (χ2n) is 2.63. The Kier molecular flexibility index (Phi) is 3.03. The van der Waals surface area contributed by atoms with E-state index in [1.165, 1.54) is 13.0 Å². The van der Waals surface area contributed by atoms with Crippen LogP contribution in [0.4, 0.5) is 8.78 Å². The molecule has 1 rings (SSSR count). The molecule has 0 saturated carbocycles. The van der Waals surface area contributed by atoms with Crippen LogP contribution >= 0.6 is 11.6 Å². The molecule has 5 heteroatoms. The van der Waals surface area contributed by atoms with E-state index in [0.717, 1.165) is 0 Å². The van der Waals surface area contributed by atoms with Crippen LogP contribution in [0.15, 0.2) is 10.9 Å². The first kappa shape index (κ1) is 10.2. The Morgan fingerprint density at radius 2 is 2.23 bits per heavy atom. The van der Waals surface area contributed by atoms with Gasteiger partial charge in [-0.2, -0.15) is 0 Å². The fourth-order valence-electron chi connectivity index (χ4n) is 0.992. The quantitative estimate of drug-likeness (QED) is 0.742. The van der Waals surface area contributed by atoms with Crippen LogP contribution in [-0.2, 0) is 5.88 Å². The molecule has 1 aromatic rings. The lowest BCUT2D eigenvalue weighted by atomic mass is 10.2. The van der Waals surface area contributed by atoms with Gasteiger partial charge in [-0.15, -0.1) is 11.6 Å². The van der Waals surface area contributed by atoms with Gasteiger partial charge in [0, 0.05) is 17.3 Å². The predicted octanol–water partition coefficient (Wildman–Crippen LogP) is 2.36. The average molecular weight is 208 g/mol. The molecule has 0 aliphatic heterocycles. The Labute approximate surface area is 78.5 Å². The molecule has 0 saturated heterocycles. The van der Waals surface area contributed by atoms with Gasteiger partial charge in [0.05, 0.1) is 11.6 Å². The van der Waals surface area contributed by atoms with Crippen molar-refractivity contribution in [3.05, 3.63) is 33.2 Å². The Hall–Kier alpha value is -0.900. The summed E-state index contributed by atoms with van der Waals surface area (Å²) in [6.07, 6.45) is -2.67. The van der Waals surface area contributed by atoms with Crippen molar-refractivity contribution in [1.82, 2.24) is 4.98 Å². The molecule has 1 N–H and O–H groups in total. The van der Waals surface area contributed by atoms with E-state index in [-0.39, 0.29) is 17.1 Å². The number of pyridine rings is 1. The molecule has 0 atom stereocenters. The van der Waals surface area contributed by atoms with Gasteiger partial charge in [-0.25, -0.2) is 8.78 Å². The van der Waals surface area contributed by atoms with Crippen molar-refractivity contribution < 1.29 is 8.78 Å². The van der Waals surface area contributed by atoms with Gasteiger partial charge in [0.15, 0.2) is 5.43 Å². The van der Waals surface area contributed by atoms with Crippen LogP contribution in [0, 0.1) is 6.92 Å². The monoisotopic (exact) mass is 207 g/mol. The molecular weight excluding hydrogens is 200 g/mol. The summed E-state index contributed by atoms with van der Waals surface area (Å²) < 4.78 is 24.6. The molecule has 0 radical (unpaired) electrons. The van der Waals surface area contributed by atoms with Gasteiger partial charge in [-0.3, -0.25) is 4.79 Å². The largest absolute Gasteiger partial charge is 0.356 e. The van der Waals surface area contributed by atoms with Gasteiger partial charge in [0.25, 0.3) is 6.43 Å². The summed E-state index contributed by atoms with van der Waals surface area (Å²) in [5, 5.41) is 0. The van der Waals surface area contributed by atoms with Gasteiger partial charge < -0.3 is 4.98 Å². The normalized spacial score (nSPS) is 10.8. The third kappa shape index (κ3) is 2.06. The molecule has 0 bridgehead atoms. The van der Waals surface area contributed by atoms with Crippen LogP contribution in [0.3, 0.4) is 0 Å². The Bertz CT molecular complexity index is 362. The van der Waals surface area contributed by atoms with Gasteiger partial charge in [-0.05, 0) is 6.92 Å². The number of halogens is 3. The van der Waals surface area contributed by atoms with E-state index in [2.05, 4.69) is 4.98 Å². The van der Waals surface area contributed by atoms with Crippen molar-refractivity contribution >= 4 is 11.6 Å². The summed E-state index contributed by atoms with van der Waals surface area (Å²) in [4.78, 5) is 13.5.